The lowest BCUT2D eigenvalue weighted by Crippen LogP contribution is -2.04. The molecule has 94 valence electrons. The molecule has 1 heterocycles. The van der Waals surface area contributed by atoms with E-state index in [1.807, 2.05) is 6.92 Å². The average molecular weight is 241 g/mol. The summed E-state index contributed by atoms with van der Waals surface area (Å²) in [6.07, 6.45) is 0.871. The summed E-state index contributed by atoms with van der Waals surface area (Å²) in [7, 11) is 0. The van der Waals surface area contributed by atoms with Crippen molar-refractivity contribution in [3.63, 3.8) is 0 Å². The molecule has 0 aliphatic heterocycles. The van der Waals surface area contributed by atoms with E-state index >= 15 is 0 Å². The molecule has 3 nitrogen and oxygen atoms in total. The molecule has 0 radical (unpaired) electrons. The van der Waals surface area contributed by atoms with Crippen LogP contribution in [0, 0.1) is 20.8 Å². The highest BCUT2D eigenvalue weighted by Gasteiger charge is 2.11. The molecule has 0 aliphatic rings. The minimum absolute atomic E-state index is 0.581. The van der Waals surface area contributed by atoms with Gasteiger partial charge in [0.05, 0.1) is 0 Å². The SMILES string of the molecule is CCc1nc(-c2cc(C)ccc2C)nc(N)c1C. The number of nitrogens with zero attached hydrogens (tertiary/aromatic N) is 2. The number of nitrogens with two attached hydrogens (primary N) is 1. The molecule has 0 aliphatic carbocycles. The number of aryl methyl sites for hydroxylation is 3. The van der Waals surface area contributed by atoms with Crippen LogP contribution in [0.5, 0.6) is 0 Å². The number of nitrogen functional groups attached to an aromatic ring is 1. The molecule has 0 saturated heterocycles. The summed E-state index contributed by atoms with van der Waals surface area (Å²) in [4.78, 5) is 9.05. The van der Waals surface area contributed by atoms with Crippen LogP contribution in [-0.2, 0) is 6.42 Å². The number of aromatic nitrogens is 2. The zero-order chi connectivity index (χ0) is 13.3. The van der Waals surface area contributed by atoms with Crippen molar-refractivity contribution in [2.75, 3.05) is 5.73 Å². The van der Waals surface area contributed by atoms with Crippen molar-refractivity contribution in [2.45, 2.75) is 34.1 Å². The Balaban J connectivity index is 2.64. The molecule has 1 aromatic heterocycles. The number of anilines is 1. The van der Waals surface area contributed by atoms with E-state index in [1.165, 1.54) is 11.1 Å². The van der Waals surface area contributed by atoms with Gasteiger partial charge in [0.25, 0.3) is 0 Å². The third-order valence-electron chi connectivity index (χ3n) is 3.25. The third kappa shape index (κ3) is 2.21. The summed E-state index contributed by atoms with van der Waals surface area (Å²) < 4.78 is 0. The standard InChI is InChI=1S/C15H19N3/c1-5-13-11(4)14(16)18-15(17-13)12-8-9(2)6-7-10(12)3/h6-8H,5H2,1-4H3,(H2,16,17,18). The summed E-state index contributed by atoms with van der Waals surface area (Å²) in [5.74, 6) is 1.31. The van der Waals surface area contributed by atoms with E-state index < -0.39 is 0 Å². The highest BCUT2D eigenvalue weighted by molar-refractivity contribution is 5.63. The van der Waals surface area contributed by atoms with Gasteiger partial charge in [0.15, 0.2) is 5.82 Å². The summed E-state index contributed by atoms with van der Waals surface area (Å²) in [6, 6.07) is 6.30. The lowest BCUT2D eigenvalue weighted by molar-refractivity contribution is 0.980. The average Bonchev–Trinajstić information content (AvgIpc) is 2.35. The smallest absolute Gasteiger partial charge is 0.162 e. The Morgan fingerprint density at radius 3 is 2.50 bits per heavy atom. The van der Waals surface area contributed by atoms with E-state index in [-0.39, 0.29) is 0 Å². The first kappa shape index (κ1) is 12.6. The van der Waals surface area contributed by atoms with Crippen molar-refractivity contribution in [3.05, 3.63) is 40.6 Å². The Morgan fingerprint density at radius 1 is 1.11 bits per heavy atom. The van der Waals surface area contributed by atoms with Gasteiger partial charge in [-0.15, -0.1) is 0 Å². The van der Waals surface area contributed by atoms with Crippen LogP contribution in [0.25, 0.3) is 11.4 Å². The second kappa shape index (κ2) is 4.77. The van der Waals surface area contributed by atoms with Crippen LogP contribution in [0.4, 0.5) is 5.82 Å². The van der Waals surface area contributed by atoms with Gasteiger partial charge < -0.3 is 5.73 Å². The van der Waals surface area contributed by atoms with Crippen molar-refractivity contribution >= 4 is 5.82 Å². The van der Waals surface area contributed by atoms with E-state index in [0.717, 1.165) is 29.1 Å². The zero-order valence-electron chi connectivity index (χ0n) is 11.4. The monoisotopic (exact) mass is 241 g/mol. The molecule has 0 unspecified atom stereocenters. The minimum atomic E-state index is 0.581. The predicted molar refractivity (Wildman–Crippen MR) is 75.5 cm³/mol. The van der Waals surface area contributed by atoms with Crippen LogP contribution in [0.2, 0.25) is 0 Å². The molecular formula is C15H19N3. The molecule has 0 bridgehead atoms. The molecular weight excluding hydrogens is 222 g/mol. The largest absolute Gasteiger partial charge is 0.383 e. The molecule has 1 aromatic carbocycles. The zero-order valence-corrected chi connectivity index (χ0v) is 11.4. The topological polar surface area (TPSA) is 51.8 Å². The molecule has 0 spiro atoms. The minimum Gasteiger partial charge on any atom is -0.383 e. The quantitative estimate of drug-likeness (QED) is 0.878. The summed E-state index contributed by atoms with van der Waals surface area (Å²) >= 11 is 0. The van der Waals surface area contributed by atoms with Crippen molar-refractivity contribution in [2.24, 2.45) is 0 Å². The Hall–Kier alpha value is -1.90. The van der Waals surface area contributed by atoms with Crippen molar-refractivity contribution in [1.82, 2.24) is 9.97 Å². The first-order valence-electron chi connectivity index (χ1n) is 6.23. The Labute approximate surface area is 108 Å². The second-order valence-corrected chi connectivity index (χ2v) is 4.68. The maximum absolute atomic E-state index is 5.97. The molecule has 18 heavy (non-hydrogen) atoms. The maximum Gasteiger partial charge on any atom is 0.162 e. The molecule has 3 heteroatoms. The van der Waals surface area contributed by atoms with Crippen LogP contribution >= 0.6 is 0 Å². The van der Waals surface area contributed by atoms with Crippen molar-refractivity contribution in [3.8, 4) is 11.4 Å². The van der Waals surface area contributed by atoms with Crippen LogP contribution in [0.1, 0.15) is 29.3 Å². The molecule has 2 N–H and O–H groups in total. The van der Waals surface area contributed by atoms with Crippen LogP contribution < -0.4 is 5.73 Å². The van der Waals surface area contributed by atoms with Crippen molar-refractivity contribution < 1.29 is 0 Å². The van der Waals surface area contributed by atoms with Gasteiger partial charge in [0.2, 0.25) is 0 Å². The summed E-state index contributed by atoms with van der Waals surface area (Å²) in [5, 5.41) is 0. The van der Waals surface area contributed by atoms with Gasteiger partial charge in [-0.3, -0.25) is 0 Å². The van der Waals surface area contributed by atoms with Gasteiger partial charge >= 0.3 is 0 Å². The molecule has 0 saturated carbocycles. The number of hydrogen-bond acceptors (Lipinski definition) is 3. The number of hydrogen-bond donors (Lipinski definition) is 1. The lowest BCUT2D eigenvalue weighted by atomic mass is 10.0. The fourth-order valence-electron chi connectivity index (χ4n) is 2.02. The van der Waals surface area contributed by atoms with E-state index in [1.54, 1.807) is 0 Å². The first-order chi connectivity index (χ1) is 8.52. The van der Waals surface area contributed by atoms with E-state index in [9.17, 15) is 0 Å². The number of rotatable bonds is 2. The van der Waals surface area contributed by atoms with E-state index in [0.29, 0.717) is 5.82 Å². The van der Waals surface area contributed by atoms with E-state index in [2.05, 4.69) is 48.9 Å². The van der Waals surface area contributed by atoms with Gasteiger partial charge in [-0.25, -0.2) is 9.97 Å². The second-order valence-electron chi connectivity index (χ2n) is 4.68. The normalized spacial score (nSPS) is 10.7. The highest BCUT2D eigenvalue weighted by atomic mass is 15.0. The number of benzene rings is 1. The first-order valence-corrected chi connectivity index (χ1v) is 6.23. The fourth-order valence-corrected chi connectivity index (χ4v) is 2.02. The summed E-state index contributed by atoms with van der Waals surface area (Å²) in [5.41, 5.74) is 11.4. The van der Waals surface area contributed by atoms with Gasteiger partial charge in [0, 0.05) is 16.8 Å². The highest BCUT2D eigenvalue weighted by Crippen LogP contribution is 2.24. The fraction of sp³-hybridized carbons (Fsp3) is 0.333. The van der Waals surface area contributed by atoms with Gasteiger partial charge in [0.1, 0.15) is 5.82 Å². The van der Waals surface area contributed by atoms with Crippen LogP contribution in [0.15, 0.2) is 18.2 Å². The van der Waals surface area contributed by atoms with E-state index in [4.69, 9.17) is 5.73 Å². The van der Waals surface area contributed by atoms with Crippen LogP contribution in [-0.4, -0.2) is 9.97 Å². The maximum atomic E-state index is 5.97. The molecule has 2 aromatic rings. The lowest BCUT2D eigenvalue weighted by Gasteiger charge is -2.11. The molecule has 2 rings (SSSR count). The molecule has 0 amide bonds. The van der Waals surface area contributed by atoms with Gasteiger partial charge in [-0.2, -0.15) is 0 Å². The Kier molecular flexibility index (Phi) is 3.32. The van der Waals surface area contributed by atoms with Gasteiger partial charge in [-0.05, 0) is 38.8 Å². The third-order valence-corrected chi connectivity index (χ3v) is 3.25. The van der Waals surface area contributed by atoms with Crippen molar-refractivity contribution in [1.29, 1.82) is 0 Å². The predicted octanol–water partition coefficient (Wildman–Crippen LogP) is 3.21. The molecule has 0 atom stereocenters. The van der Waals surface area contributed by atoms with Gasteiger partial charge in [-0.1, -0.05) is 24.6 Å². The Bertz CT molecular complexity index is 589. The Morgan fingerprint density at radius 2 is 1.83 bits per heavy atom. The molecule has 0 fully saturated rings. The summed E-state index contributed by atoms with van der Waals surface area (Å²) in [6.45, 7) is 8.20. The van der Waals surface area contributed by atoms with Crippen LogP contribution in [0.3, 0.4) is 0 Å².